The normalized spacial score (nSPS) is 24.1. The third kappa shape index (κ3) is 4.84. The molecular weight excluding hydrogens is 224 g/mol. The van der Waals surface area contributed by atoms with E-state index in [1.165, 1.54) is 64.5 Å². The number of guanidine groups is 1. The molecule has 1 aliphatic carbocycles. The van der Waals surface area contributed by atoms with Gasteiger partial charge in [0.05, 0.1) is 6.54 Å². The number of nitrogens with two attached hydrogens (primary N) is 1. The highest BCUT2D eigenvalue weighted by atomic mass is 15.2. The zero-order valence-corrected chi connectivity index (χ0v) is 11.5. The Morgan fingerprint density at radius 3 is 2.44 bits per heavy atom. The van der Waals surface area contributed by atoms with Gasteiger partial charge in [0.15, 0.2) is 5.96 Å². The second-order valence-electron chi connectivity index (χ2n) is 5.65. The van der Waals surface area contributed by atoms with Crippen LogP contribution in [0.5, 0.6) is 0 Å². The number of aliphatic imine (C=N–C) groups is 1. The van der Waals surface area contributed by atoms with Crippen molar-refractivity contribution in [1.82, 2.24) is 10.2 Å². The van der Waals surface area contributed by atoms with Crippen molar-refractivity contribution < 1.29 is 0 Å². The first-order chi connectivity index (χ1) is 8.84. The van der Waals surface area contributed by atoms with Gasteiger partial charge in [-0.1, -0.05) is 25.7 Å². The van der Waals surface area contributed by atoms with Crippen LogP contribution < -0.4 is 11.1 Å². The van der Waals surface area contributed by atoms with E-state index in [2.05, 4.69) is 15.2 Å². The number of hydrogen-bond donors (Lipinski definition) is 2. The topological polar surface area (TPSA) is 53.6 Å². The quantitative estimate of drug-likeness (QED) is 0.591. The molecule has 104 valence electrons. The first-order valence-corrected chi connectivity index (χ1v) is 7.63. The second-order valence-corrected chi connectivity index (χ2v) is 5.65. The zero-order valence-electron chi connectivity index (χ0n) is 11.5. The molecule has 18 heavy (non-hydrogen) atoms. The molecule has 0 aromatic rings. The Hall–Kier alpha value is -0.770. The Labute approximate surface area is 111 Å². The van der Waals surface area contributed by atoms with E-state index in [1.807, 2.05) is 0 Å². The Morgan fingerprint density at radius 1 is 1.06 bits per heavy atom. The van der Waals surface area contributed by atoms with Crippen LogP contribution in [-0.2, 0) is 0 Å². The summed E-state index contributed by atoms with van der Waals surface area (Å²) in [7, 11) is 0. The summed E-state index contributed by atoms with van der Waals surface area (Å²) >= 11 is 0. The highest BCUT2D eigenvalue weighted by Crippen LogP contribution is 2.17. The summed E-state index contributed by atoms with van der Waals surface area (Å²) in [5, 5.41) is 3.37. The highest BCUT2D eigenvalue weighted by Gasteiger charge is 2.13. The maximum absolute atomic E-state index is 5.94. The van der Waals surface area contributed by atoms with Crippen LogP contribution in [0.1, 0.15) is 51.4 Å². The van der Waals surface area contributed by atoms with Crippen molar-refractivity contribution in [3.8, 4) is 0 Å². The lowest BCUT2D eigenvalue weighted by Gasteiger charge is -2.26. The molecule has 0 aromatic heterocycles. The minimum Gasteiger partial charge on any atom is -0.370 e. The number of nitrogens with zero attached hydrogens (tertiary/aromatic N) is 2. The predicted octanol–water partition coefficient (Wildman–Crippen LogP) is 1.71. The van der Waals surface area contributed by atoms with Crippen LogP contribution in [-0.4, -0.2) is 43.1 Å². The van der Waals surface area contributed by atoms with Crippen molar-refractivity contribution in [2.45, 2.75) is 57.4 Å². The molecule has 0 bridgehead atoms. The van der Waals surface area contributed by atoms with Gasteiger partial charge in [-0.05, 0) is 38.8 Å². The molecule has 4 nitrogen and oxygen atoms in total. The molecule has 0 aromatic carbocycles. The van der Waals surface area contributed by atoms with E-state index in [0.717, 1.165) is 13.1 Å². The molecule has 3 N–H and O–H groups in total. The molecule has 2 rings (SSSR count). The fourth-order valence-electron chi connectivity index (χ4n) is 3.00. The van der Waals surface area contributed by atoms with Crippen molar-refractivity contribution in [2.24, 2.45) is 10.7 Å². The molecule has 1 saturated heterocycles. The van der Waals surface area contributed by atoms with Gasteiger partial charge in [0.2, 0.25) is 0 Å². The number of hydrogen-bond acceptors (Lipinski definition) is 2. The van der Waals surface area contributed by atoms with Crippen LogP contribution in [0.15, 0.2) is 4.99 Å². The summed E-state index contributed by atoms with van der Waals surface area (Å²) < 4.78 is 0. The third-order valence-corrected chi connectivity index (χ3v) is 4.10. The number of nitrogens with one attached hydrogen (secondary N) is 1. The molecular formula is C14H28N4. The molecule has 1 heterocycles. The van der Waals surface area contributed by atoms with E-state index in [9.17, 15) is 0 Å². The molecule has 1 aliphatic heterocycles. The van der Waals surface area contributed by atoms with Crippen LogP contribution in [0.25, 0.3) is 0 Å². The Morgan fingerprint density at radius 2 is 1.72 bits per heavy atom. The average molecular weight is 252 g/mol. The first kappa shape index (κ1) is 13.7. The van der Waals surface area contributed by atoms with Crippen molar-refractivity contribution in [3.63, 3.8) is 0 Å². The summed E-state index contributed by atoms with van der Waals surface area (Å²) in [6.07, 6.45) is 10.6. The Balaban J connectivity index is 1.61. The highest BCUT2D eigenvalue weighted by molar-refractivity contribution is 5.78. The van der Waals surface area contributed by atoms with Crippen molar-refractivity contribution >= 4 is 5.96 Å². The lowest BCUT2D eigenvalue weighted by Crippen LogP contribution is -2.41. The minimum absolute atomic E-state index is 0.567. The fraction of sp³-hybridized carbons (Fsp3) is 0.929. The van der Waals surface area contributed by atoms with Gasteiger partial charge in [0.25, 0.3) is 0 Å². The number of likely N-dealkylation sites (tertiary alicyclic amines) is 1. The lowest BCUT2D eigenvalue weighted by atomic mass is 9.96. The van der Waals surface area contributed by atoms with Gasteiger partial charge in [-0.3, -0.25) is 4.99 Å². The molecule has 4 heteroatoms. The van der Waals surface area contributed by atoms with Crippen LogP contribution in [0.2, 0.25) is 0 Å². The standard InChI is InChI=1S/C14H28N4/c15-14(17-13-7-3-1-4-8-13)16-9-12-18-10-5-2-6-11-18/h13H,1-12H2,(H3,15,16,17). The SMILES string of the molecule is NC(=NCCN1CCCCC1)NC1CCCCC1. The van der Waals surface area contributed by atoms with Crippen molar-refractivity contribution in [3.05, 3.63) is 0 Å². The van der Waals surface area contributed by atoms with Gasteiger partial charge < -0.3 is 16.0 Å². The van der Waals surface area contributed by atoms with E-state index >= 15 is 0 Å². The molecule has 1 saturated carbocycles. The maximum Gasteiger partial charge on any atom is 0.188 e. The van der Waals surface area contributed by atoms with Gasteiger partial charge in [0, 0.05) is 12.6 Å². The van der Waals surface area contributed by atoms with Gasteiger partial charge in [-0.2, -0.15) is 0 Å². The van der Waals surface area contributed by atoms with Crippen LogP contribution in [0.4, 0.5) is 0 Å². The second kappa shape index (κ2) is 7.62. The van der Waals surface area contributed by atoms with E-state index in [0.29, 0.717) is 12.0 Å². The molecule has 0 atom stereocenters. The van der Waals surface area contributed by atoms with E-state index in [1.54, 1.807) is 0 Å². The van der Waals surface area contributed by atoms with Gasteiger partial charge in [-0.15, -0.1) is 0 Å². The molecule has 0 spiro atoms. The summed E-state index contributed by atoms with van der Waals surface area (Å²) in [5.41, 5.74) is 5.94. The maximum atomic E-state index is 5.94. The fourth-order valence-corrected chi connectivity index (χ4v) is 3.00. The van der Waals surface area contributed by atoms with Crippen molar-refractivity contribution in [2.75, 3.05) is 26.2 Å². The average Bonchev–Trinajstić information content (AvgIpc) is 2.41. The minimum atomic E-state index is 0.567. The largest absolute Gasteiger partial charge is 0.370 e. The van der Waals surface area contributed by atoms with Crippen LogP contribution in [0.3, 0.4) is 0 Å². The van der Waals surface area contributed by atoms with Gasteiger partial charge in [-0.25, -0.2) is 0 Å². The van der Waals surface area contributed by atoms with Crippen molar-refractivity contribution in [1.29, 1.82) is 0 Å². The monoisotopic (exact) mass is 252 g/mol. The zero-order chi connectivity index (χ0) is 12.6. The van der Waals surface area contributed by atoms with E-state index in [4.69, 9.17) is 5.73 Å². The smallest absolute Gasteiger partial charge is 0.188 e. The number of piperidine rings is 1. The lowest BCUT2D eigenvalue weighted by molar-refractivity contribution is 0.235. The van der Waals surface area contributed by atoms with Crippen LogP contribution >= 0.6 is 0 Å². The summed E-state index contributed by atoms with van der Waals surface area (Å²) in [6, 6.07) is 0.567. The van der Waals surface area contributed by atoms with Gasteiger partial charge >= 0.3 is 0 Å². The summed E-state index contributed by atoms with van der Waals surface area (Å²) in [6.45, 7) is 4.38. The number of rotatable bonds is 4. The Bertz CT molecular complexity index is 253. The first-order valence-electron chi connectivity index (χ1n) is 7.63. The summed E-state index contributed by atoms with van der Waals surface area (Å²) in [5.74, 6) is 0.652. The molecule has 2 aliphatic rings. The molecule has 0 unspecified atom stereocenters. The Kier molecular flexibility index (Phi) is 5.78. The third-order valence-electron chi connectivity index (χ3n) is 4.10. The van der Waals surface area contributed by atoms with E-state index < -0.39 is 0 Å². The molecule has 2 fully saturated rings. The predicted molar refractivity (Wildman–Crippen MR) is 76.8 cm³/mol. The van der Waals surface area contributed by atoms with E-state index in [-0.39, 0.29) is 0 Å². The molecule has 0 amide bonds. The van der Waals surface area contributed by atoms with Crippen LogP contribution in [0, 0.1) is 0 Å². The van der Waals surface area contributed by atoms with Gasteiger partial charge in [0.1, 0.15) is 0 Å². The molecule has 0 radical (unpaired) electrons. The summed E-state index contributed by atoms with van der Waals surface area (Å²) in [4.78, 5) is 6.95.